The minimum absolute atomic E-state index is 0. The van der Waals surface area contributed by atoms with Gasteiger partial charge >= 0.3 is 0 Å². The molecular formula is C16H23Cl2FN2O. The lowest BCUT2D eigenvalue weighted by atomic mass is 9.93. The van der Waals surface area contributed by atoms with E-state index in [0.717, 1.165) is 24.8 Å². The van der Waals surface area contributed by atoms with Crippen LogP contribution < -0.4 is 11.1 Å². The van der Waals surface area contributed by atoms with Crippen molar-refractivity contribution in [2.24, 2.45) is 5.73 Å². The Morgan fingerprint density at radius 1 is 1.50 bits per heavy atom. The van der Waals surface area contributed by atoms with Gasteiger partial charge in [-0.3, -0.25) is 4.79 Å². The van der Waals surface area contributed by atoms with E-state index in [9.17, 15) is 9.18 Å². The summed E-state index contributed by atoms with van der Waals surface area (Å²) in [5, 5.41) is 3.36. The molecule has 0 aliphatic heterocycles. The number of benzene rings is 1. The molecule has 0 saturated heterocycles. The average molecular weight is 349 g/mol. The fourth-order valence-corrected chi connectivity index (χ4v) is 3.06. The van der Waals surface area contributed by atoms with Gasteiger partial charge in [0.05, 0.1) is 5.54 Å². The monoisotopic (exact) mass is 348 g/mol. The molecule has 1 saturated carbocycles. The molecule has 22 heavy (non-hydrogen) atoms. The first-order chi connectivity index (χ1) is 9.81. The SMILES string of the molecule is CCCC(C)(N)C(=O)NCC1(c2ccc(F)cc2Cl)CC1.Cl. The Hall–Kier alpha value is -0.840. The van der Waals surface area contributed by atoms with Crippen molar-refractivity contribution in [1.82, 2.24) is 5.32 Å². The molecule has 1 aromatic rings. The number of nitrogens with one attached hydrogen (secondary N) is 1. The fraction of sp³-hybridized carbons (Fsp3) is 0.562. The maximum absolute atomic E-state index is 13.1. The molecule has 0 bridgehead atoms. The summed E-state index contributed by atoms with van der Waals surface area (Å²) in [6.45, 7) is 4.24. The predicted octanol–water partition coefficient (Wildman–Crippen LogP) is 3.57. The third kappa shape index (κ3) is 4.12. The van der Waals surface area contributed by atoms with Crippen molar-refractivity contribution < 1.29 is 9.18 Å². The summed E-state index contributed by atoms with van der Waals surface area (Å²) < 4.78 is 13.1. The van der Waals surface area contributed by atoms with E-state index >= 15 is 0 Å². The molecule has 3 nitrogen and oxygen atoms in total. The highest BCUT2D eigenvalue weighted by Gasteiger charge is 2.46. The van der Waals surface area contributed by atoms with Crippen molar-refractivity contribution in [2.75, 3.05) is 6.54 Å². The smallest absolute Gasteiger partial charge is 0.239 e. The first-order valence-electron chi connectivity index (χ1n) is 7.33. The second kappa shape index (κ2) is 7.16. The number of hydrogen-bond acceptors (Lipinski definition) is 2. The van der Waals surface area contributed by atoms with Crippen molar-refractivity contribution in [3.8, 4) is 0 Å². The Balaban J connectivity index is 0.00000242. The zero-order valence-electron chi connectivity index (χ0n) is 12.9. The van der Waals surface area contributed by atoms with E-state index in [2.05, 4.69) is 5.32 Å². The van der Waals surface area contributed by atoms with Gasteiger partial charge in [0.15, 0.2) is 0 Å². The van der Waals surface area contributed by atoms with Crippen LogP contribution in [-0.4, -0.2) is 18.0 Å². The van der Waals surface area contributed by atoms with E-state index in [1.54, 1.807) is 13.0 Å². The van der Waals surface area contributed by atoms with E-state index in [0.29, 0.717) is 18.0 Å². The lowest BCUT2D eigenvalue weighted by Crippen LogP contribution is -2.52. The van der Waals surface area contributed by atoms with E-state index in [-0.39, 0.29) is 29.5 Å². The van der Waals surface area contributed by atoms with Gasteiger partial charge in [-0.25, -0.2) is 4.39 Å². The molecule has 1 aromatic carbocycles. The van der Waals surface area contributed by atoms with Gasteiger partial charge in [-0.1, -0.05) is 31.0 Å². The van der Waals surface area contributed by atoms with Crippen LogP contribution in [0.3, 0.4) is 0 Å². The topological polar surface area (TPSA) is 55.1 Å². The summed E-state index contributed by atoms with van der Waals surface area (Å²) in [5.74, 6) is -0.491. The van der Waals surface area contributed by atoms with Crippen molar-refractivity contribution in [2.45, 2.75) is 50.5 Å². The Kier molecular flexibility index (Phi) is 6.25. The van der Waals surface area contributed by atoms with E-state index in [4.69, 9.17) is 17.3 Å². The van der Waals surface area contributed by atoms with Gasteiger partial charge in [-0.15, -0.1) is 12.4 Å². The standard InChI is InChI=1S/C16H22ClFN2O.ClH/c1-3-6-15(2,19)14(21)20-10-16(7-8-16)12-5-4-11(18)9-13(12)17;/h4-5,9H,3,6-8,10,19H2,1-2H3,(H,20,21);1H. The Labute approximate surface area is 142 Å². The second-order valence-electron chi connectivity index (χ2n) is 6.25. The molecule has 2 rings (SSSR count). The van der Waals surface area contributed by atoms with Crippen molar-refractivity contribution in [1.29, 1.82) is 0 Å². The van der Waals surface area contributed by atoms with Crippen LogP contribution in [0.5, 0.6) is 0 Å². The largest absolute Gasteiger partial charge is 0.354 e. The predicted molar refractivity (Wildman–Crippen MR) is 90.1 cm³/mol. The van der Waals surface area contributed by atoms with E-state index in [1.165, 1.54) is 12.1 Å². The molecule has 1 aliphatic carbocycles. The summed E-state index contributed by atoms with van der Waals surface area (Å²) in [4.78, 5) is 12.2. The van der Waals surface area contributed by atoms with Gasteiger partial charge in [0, 0.05) is 17.0 Å². The normalized spacial score (nSPS) is 18.0. The fourth-order valence-electron chi connectivity index (χ4n) is 2.70. The summed E-state index contributed by atoms with van der Waals surface area (Å²) in [6, 6.07) is 4.45. The molecule has 3 N–H and O–H groups in total. The van der Waals surface area contributed by atoms with Crippen LogP contribution in [-0.2, 0) is 10.2 Å². The number of rotatable bonds is 6. The van der Waals surface area contributed by atoms with Crippen molar-refractivity contribution >= 4 is 29.9 Å². The first kappa shape index (κ1) is 19.2. The molecule has 124 valence electrons. The highest BCUT2D eigenvalue weighted by molar-refractivity contribution is 6.31. The minimum Gasteiger partial charge on any atom is -0.354 e. The highest BCUT2D eigenvalue weighted by atomic mass is 35.5. The zero-order chi connectivity index (χ0) is 15.7. The van der Waals surface area contributed by atoms with Crippen LogP contribution in [0, 0.1) is 5.82 Å². The van der Waals surface area contributed by atoms with Crippen LogP contribution in [0.4, 0.5) is 4.39 Å². The Bertz CT molecular complexity index is 545. The summed E-state index contributed by atoms with van der Waals surface area (Å²) in [5.41, 5.74) is 5.91. The molecule has 0 radical (unpaired) electrons. The van der Waals surface area contributed by atoms with Crippen LogP contribution >= 0.6 is 24.0 Å². The molecule has 1 unspecified atom stereocenters. The minimum atomic E-state index is -0.850. The summed E-state index contributed by atoms with van der Waals surface area (Å²) in [6.07, 6.45) is 3.37. The van der Waals surface area contributed by atoms with Gasteiger partial charge in [0.25, 0.3) is 0 Å². The third-order valence-electron chi connectivity index (χ3n) is 4.23. The van der Waals surface area contributed by atoms with Crippen LogP contribution in [0.25, 0.3) is 0 Å². The highest BCUT2D eigenvalue weighted by Crippen LogP contribution is 2.50. The Morgan fingerprint density at radius 3 is 2.64 bits per heavy atom. The Morgan fingerprint density at radius 2 is 2.14 bits per heavy atom. The molecule has 1 amide bonds. The van der Waals surface area contributed by atoms with Crippen LogP contribution in [0.15, 0.2) is 18.2 Å². The maximum Gasteiger partial charge on any atom is 0.239 e. The lowest BCUT2D eigenvalue weighted by Gasteiger charge is -2.25. The quantitative estimate of drug-likeness (QED) is 0.825. The van der Waals surface area contributed by atoms with Gasteiger partial charge in [-0.2, -0.15) is 0 Å². The van der Waals surface area contributed by atoms with Gasteiger partial charge in [-0.05, 0) is 43.9 Å². The number of hydrogen-bond donors (Lipinski definition) is 2. The molecule has 1 atom stereocenters. The molecular weight excluding hydrogens is 326 g/mol. The number of halogens is 3. The third-order valence-corrected chi connectivity index (χ3v) is 4.54. The number of amides is 1. The zero-order valence-corrected chi connectivity index (χ0v) is 14.5. The molecule has 6 heteroatoms. The van der Waals surface area contributed by atoms with Gasteiger partial charge < -0.3 is 11.1 Å². The van der Waals surface area contributed by atoms with Gasteiger partial charge in [0.2, 0.25) is 5.91 Å². The van der Waals surface area contributed by atoms with E-state index < -0.39 is 5.54 Å². The molecule has 1 fully saturated rings. The van der Waals surface area contributed by atoms with E-state index in [1.807, 2.05) is 6.92 Å². The van der Waals surface area contributed by atoms with Crippen LogP contribution in [0.2, 0.25) is 5.02 Å². The van der Waals surface area contributed by atoms with Crippen LogP contribution in [0.1, 0.15) is 45.1 Å². The average Bonchev–Trinajstić information content (AvgIpc) is 3.16. The number of carbonyl (C=O) groups excluding carboxylic acids is 1. The van der Waals surface area contributed by atoms with Crippen molar-refractivity contribution in [3.05, 3.63) is 34.6 Å². The van der Waals surface area contributed by atoms with Crippen molar-refractivity contribution in [3.63, 3.8) is 0 Å². The molecule has 0 aromatic heterocycles. The molecule has 0 heterocycles. The van der Waals surface area contributed by atoms with Gasteiger partial charge in [0.1, 0.15) is 5.82 Å². The first-order valence-corrected chi connectivity index (χ1v) is 7.71. The second-order valence-corrected chi connectivity index (χ2v) is 6.66. The summed E-state index contributed by atoms with van der Waals surface area (Å²) >= 11 is 6.13. The maximum atomic E-state index is 13.1. The number of nitrogens with two attached hydrogens (primary N) is 1. The number of carbonyl (C=O) groups is 1. The lowest BCUT2D eigenvalue weighted by molar-refractivity contribution is -0.126. The summed E-state index contributed by atoms with van der Waals surface area (Å²) in [7, 11) is 0. The molecule has 0 spiro atoms. The molecule has 1 aliphatic rings.